The van der Waals surface area contributed by atoms with Gasteiger partial charge in [0.15, 0.2) is 11.5 Å². The van der Waals surface area contributed by atoms with Gasteiger partial charge in [-0.1, -0.05) is 18.0 Å². The highest BCUT2D eigenvalue weighted by Crippen LogP contribution is 2.13. The van der Waals surface area contributed by atoms with Crippen molar-refractivity contribution >= 4 is 5.91 Å². The number of amides is 1. The molecule has 5 heteroatoms. The van der Waals surface area contributed by atoms with E-state index in [2.05, 4.69) is 5.16 Å². The van der Waals surface area contributed by atoms with E-state index in [0.717, 1.165) is 25.9 Å². The lowest BCUT2D eigenvalue weighted by atomic mass is 10.2. The van der Waals surface area contributed by atoms with E-state index < -0.39 is 0 Å². The summed E-state index contributed by atoms with van der Waals surface area (Å²) in [5.74, 6) is 0.517. The van der Waals surface area contributed by atoms with E-state index in [1.807, 2.05) is 4.90 Å². The smallest absolute Gasteiger partial charge is 0.276 e. The average Bonchev–Trinajstić information content (AvgIpc) is 2.62. The minimum absolute atomic E-state index is 0.0367. The molecule has 2 N–H and O–H groups in total. The molecule has 16 heavy (non-hydrogen) atoms. The molecule has 1 aromatic heterocycles. The normalized spacial score (nSPS) is 17.2. The Morgan fingerprint density at radius 2 is 2.06 bits per heavy atom. The Morgan fingerprint density at radius 1 is 1.38 bits per heavy atom. The number of carbonyl (C=O) groups is 1. The lowest BCUT2D eigenvalue weighted by Crippen LogP contribution is -2.32. The standard InChI is InChI=1S/C11H17N3O2/c12-8-9-7-10(13-16-9)11(15)14-5-3-1-2-4-6-14/h7H,1-6,8,12H2. The van der Waals surface area contributed by atoms with Crippen molar-refractivity contribution in [2.24, 2.45) is 5.73 Å². The zero-order valence-electron chi connectivity index (χ0n) is 9.32. The number of aromatic nitrogens is 1. The van der Waals surface area contributed by atoms with E-state index in [1.165, 1.54) is 12.8 Å². The molecule has 0 unspecified atom stereocenters. The first kappa shape index (κ1) is 11.1. The number of nitrogens with two attached hydrogens (primary N) is 1. The summed E-state index contributed by atoms with van der Waals surface area (Å²) in [4.78, 5) is 13.9. The van der Waals surface area contributed by atoms with Gasteiger partial charge in [-0.3, -0.25) is 4.79 Å². The molecule has 0 radical (unpaired) electrons. The lowest BCUT2D eigenvalue weighted by molar-refractivity contribution is 0.0751. The van der Waals surface area contributed by atoms with E-state index in [4.69, 9.17) is 10.3 Å². The molecule has 0 bridgehead atoms. The van der Waals surface area contributed by atoms with Gasteiger partial charge in [-0.15, -0.1) is 0 Å². The SMILES string of the molecule is NCc1cc(C(=O)N2CCCCCC2)no1. The van der Waals surface area contributed by atoms with E-state index in [-0.39, 0.29) is 12.5 Å². The summed E-state index contributed by atoms with van der Waals surface area (Å²) in [5, 5.41) is 3.75. The number of carbonyl (C=O) groups excluding carboxylic acids is 1. The van der Waals surface area contributed by atoms with Crippen LogP contribution in [0.15, 0.2) is 10.6 Å². The molecule has 0 aromatic carbocycles. The van der Waals surface area contributed by atoms with Crippen molar-refractivity contribution in [2.45, 2.75) is 32.2 Å². The maximum atomic E-state index is 12.0. The van der Waals surface area contributed by atoms with Crippen LogP contribution in [0.25, 0.3) is 0 Å². The van der Waals surface area contributed by atoms with Crippen molar-refractivity contribution < 1.29 is 9.32 Å². The highest BCUT2D eigenvalue weighted by atomic mass is 16.5. The molecule has 88 valence electrons. The Hall–Kier alpha value is -1.36. The van der Waals surface area contributed by atoms with Gasteiger partial charge in [0.25, 0.3) is 5.91 Å². The van der Waals surface area contributed by atoms with Gasteiger partial charge in [0, 0.05) is 19.2 Å². The molecule has 2 heterocycles. The Balaban J connectivity index is 2.05. The van der Waals surface area contributed by atoms with Crippen molar-refractivity contribution in [1.82, 2.24) is 10.1 Å². The van der Waals surface area contributed by atoms with Gasteiger partial charge in [-0.2, -0.15) is 0 Å². The predicted molar refractivity (Wildman–Crippen MR) is 58.8 cm³/mol. The van der Waals surface area contributed by atoms with Crippen LogP contribution in [0.3, 0.4) is 0 Å². The highest BCUT2D eigenvalue weighted by Gasteiger charge is 2.20. The number of nitrogens with zero attached hydrogens (tertiary/aromatic N) is 2. The van der Waals surface area contributed by atoms with Gasteiger partial charge >= 0.3 is 0 Å². The number of likely N-dealkylation sites (tertiary alicyclic amines) is 1. The van der Waals surface area contributed by atoms with Gasteiger partial charge < -0.3 is 15.2 Å². The Kier molecular flexibility index (Phi) is 3.56. The minimum Gasteiger partial charge on any atom is -0.359 e. The summed E-state index contributed by atoms with van der Waals surface area (Å²) in [7, 11) is 0. The summed E-state index contributed by atoms with van der Waals surface area (Å²) in [5.41, 5.74) is 5.79. The minimum atomic E-state index is -0.0367. The van der Waals surface area contributed by atoms with Gasteiger partial charge in [-0.05, 0) is 12.8 Å². The van der Waals surface area contributed by atoms with Crippen molar-refractivity contribution in [1.29, 1.82) is 0 Å². The monoisotopic (exact) mass is 223 g/mol. The summed E-state index contributed by atoms with van der Waals surface area (Å²) >= 11 is 0. The van der Waals surface area contributed by atoms with Crippen LogP contribution in [-0.2, 0) is 6.54 Å². The Morgan fingerprint density at radius 3 is 2.62 bits per heavy atom. The van der Waals surface area contributed by atoms with Gasteiger partial charge in [0.05, 0.1) is 6.54 Å². The molecule has 0 atom stereocenters. The lowest BCUT2D eigenvalue weighted by Gasteiger charge is -2.18. The van der Waals surface area contributed by atoms with Crippen LogP contribution in [0.4, 0.5) is 0 Å². The van der Waals surface area contributed by atoms with E-state index in [1.54, 1.807) is 6.07 Å². The largest absolute Gasteiger partial charge is 0.359 e. The van der Waals surface area contributed by atoms with Crippen LogP contribution < -0.4 is 5.73 Å². The molecule has 0 saturated carbocycles. The molecule has 2 rings (SSSR count). The van der Waals surface area contributed by atoms with Crippen molar-refractivity contribution in [3.8, 4) is 0 Å². The molecule has 5 nitrogen and oxygen atoms in total. The molecule has 1 aromatic rings. The van der Waals surface area contributed by atoms with Gasteiger partial charge in [0.1, 0.15) is 0 Å². The quantitative estimate of drug-likeness (QED) is 0.816. The fourth-order valence-electron chi connectivity index (χ4n) is 1.95. The van der Waals surface area contributed by atoms with E-state index >= 15 is 0 Å². The maximum absolute atomic E-state index is 12.0. The fourth-order valence-corrected chi connectivity index (χ4v) is 1.95. The number of hydrogen-bond donors (Lipinski definition) is 1. The highest BCUT2D eigenvalue weighted by molar-refractivity contribution is 5.92. The first-order valence-corrected chi connectivity index (χ1v) is 5.76. The third-order valence-electron chi connectivity index (χ3n) is 2.87. The molecule has 1 aliphatic rings. The maximum Gasteiger partial charge on any atom is 0.276 e. The summed E-state index contributed by atoms with van der Waals surface area (Å²) in [6, 6.07) is 1.63. The van der Waals surface area contributed by atoms with Crippen molar-refractivity contribution in [2.75, 3.05) is 13.1 Å². The molecule has 1 fully saturated rings. The van der Waals surface area contributed by atoms with Crippen LogP contribution in [-0.4, -0.2) is 29.1 Å². The predicted octanol–water partition coefficient (Wildman–Crippen LogP) is 1.15. The van der Waals surface area contributed by atoms with Gasteiger partial charge in [0.2, 0.25) is 0 Å². The third-order valence-corrected chi connectivity index (χ3v) is 2.87. The van der Waals surface area contributed by atoms with Crippen LogP contribution in [0, 0.1) is 0 Å². The molecular weight excluding hydrogens is 206 g/mol. The first-order valence-electron chi connectivity index (χ1n) is 5.76. The summed E-state index contributed by atoms with van der Waals surface area (Å²) < 4.78 is 4.93. The molecule has 1 amide bonds. The summed E-state index contributed by atoms with van der Waals surface area (Å²) in [6.07, 6.45) is 4.56. The summed E-state index contributed by atoms with van der Waals surface area (Å²) in [6.45, 7) is 1.92. The molecule has 0 aliphatic carbocycles. The molecular formula is C11H17N3O2. The number of rotatable bonds is 2. The average molecular weight is 223 g/mol. The molecule has 1 saturated heterocycles. The fraction of sp³-hybridized carbons (Fsp3) is 0.636. The molecule has 0 spiro atoms. The van der Waals surface area contributed by atoms with Crippen molar-refractivity contribution in [3.05, 3.63) is 17.5 Å². The second-order valence-electron chi connectivity index (χ2n) is 4.09. The third kappa shape index (κ3) is 2.41. The van der Waals surface area contributed by atoms with Gasteiger partial charge in [-0.25, -0.2) is 0 Å². The van der Waals surface area contributed by atoms with Crippen molar-refractivity contribution in [3.63, 3.8) is 0 Å². The Labute approximate surface area is 94.6 Å². The van der Waals surface area contributed by atoms with Crippen LogP contribution >= 0.6 is 0 Å². The van der Waals surface area contributed by atoms with E-state index in [9.17, 15) is 4.79 Å². The molecule has 1 aliphatic heterocycles. The zero-order valence-corrected chi connectivity index (χ0v) is 9.32. The van der Waals surface area contributed by atoms with E-state index in [0.29, 0.717) is 11.5 Å². The zero-order chi connectivity index (χ0) is 11.4. The Bertz CT molecular complexity index is 354. The second kappa shape index (κ2) is 5.12. The first-order chi connectivity index (χ1) is 7.81. The van der Waals surface area contributed by atoms with Crippen LogP contribution in [0.5, 0.6) is 0 Å². The van der Waals surface area contributed by atoms with Crippen LogP contribution in [0.2, 0.25) is 0 Å². The second-order valence-corrected chi connectivity index (χ2v) is 4.09. The topological polar surface area (TPSA) is 72.4 Å². The number of hydrogen-bond acceptors (Lipinski definition) is 4. The van der Waals surface area contributed by atoms with Crippen LogP contribution in [0.1, 0.15) is 41.9 Å².